The molecule has 3 aromatic rings. The number of rotatable bonds is 4. The summed E-state index contributed by atoms with van der Waals surface area (Å²) in [6.07, 6.45) is 0. The van der Waals surface area contributed by atoms with Crippen molar-refractivity contribution in [1.29, 1.82) is 5.26 Å². The van der Waals surface area contributed by atoms with Crippen molar-refractivity contribution in [2.45, 2.75) is 0 Å². The first-order chi connectivity index (χ1) is 13.0. The van der Waals surface area contributed by atoms with Crippen molar-refractivity contribution in [2.75, 3.05) is 25.1 Å². The molecule has 2 aromatic heterocycles. The van der Waals surface area contributed by atoms with Crippen molar-refractivity contribution < 1.29 is 14.3 Å². The highest BCUT2D eigenvalue weighted by atomic mass is 32.1. The number of hydrogen-bond acceptors (Lipinski definition) is 8. The number of esters is 1. The maximum absolute atomic E-state index is 12.4. The molecule has 0 atom stereocenters. The minimum absolute atomic E-state index is 0.0617. The molecule has 2 heterocycles. The maximum atomic E-state index is 12.4. The lowest BCUT2D eigenvalue weighted by Crippen LogP contribution is -2.29. The van der Waals surface area contributed by atoms with E-state index in [0.29, 0.717) is 15.8 Å². The number of carbonyl (C=O) groups excluding carboxylic acids is 2. The number of nitrogen functional groups attached to an aromatic ring is 2. The number of aromatic nitrogens is 1. The van der Waals surface area contributed by atoms with Gasteiger partial charge in [0.2, 0.25) is 0 Å². The molecule has 0 aliphatic rings. The van der Waals surface area contributed by atoms with Gasteiger partial charge in [0.1, 0.15) is 33.7 Å². The van der Waals surface area contributed by atoms with Gasteiger partial charge < -0.3 is 21.5 Å². The summed E-state index contributed by atoms with van der Waals surface area (Å²) < 4.78 is 4.50. The van der Waals surface area contributed by atoms with Crippen molar-refractivity contribution in [2.24, 2.45) is 0 Å². The number of pyridine rings is 1. The lowest BCUT2D eigenvalue weighted by atomic mass is 9.97. The molecule has 0 aliphatic heterocycles. The van der Waals surface area contributed by atoms with E-state index in [9.17, 15) is 14.9 Å². The Labute approximate surface area is 158 Å². The summed E-state index contributed by atoms with van der Waals surface area (Å²) in [5.74, 6) is -1.05. The zero-order valence-corrected chi connectivity index (χ0v) is 15.1. The molecule has 5 N–H and O–H groups in total. The Morgan fingerprint density at radius 3 is 2.63 bits per heavy atom. The second-order valence-corrected chi connectivity index (χ2v) is 6.51. The Balaban J connectivity index is 2.20. The van der Waals surface area contributed by atoms with Crippen molar-refractivity contribution >= 4 is 44.9 Å². The van der Waals surface area contributed by atoms with Gasteiger partial charge in [-0.15, -0.1) is 11.3 Å². The molecule has 27 heavy (non-hydrogen) atoms. The number of thiophene rings is 1. The summed E-state index contributed by atoms with van der Waals surface area (Å²) in [4.78, 5) is 28.5. The maximum Gasteiger partial charge on any atom is 0.325 e. The van der Waals surface area contributed by atoms with E-state index in [1.807, 2.05) is 30.3 Å². The number of nitrogens with zero attached hydrogens (tertiary/aromatic N) is 2. The SMILES string of the molecule is COC(=O)CNC(=O)c1sc2nc(N)c(C#N)c(-c3ccccc3)c2c1N. The monoisotopic (exact) mass is 381 g/mol. The number of carbonyl (C=O) groups is 2. The molecule has 0 saturated carbocycles. The minimum atomic E-state index is -0.581. The number of ether oxygens (including phenoxy) is 1. The number of hydrogen-bond donors (Lipinski definition) is 3. The third-order valence-corrected chi connectivity index (χ3v) is 5.00. The predicted octanol–water partition coefficient (Wildman–Crippen LogP) is 1.90. The highest BCUT2D eigenvalue weighted by molar-refractivity contribution is 7.21. The number of nitrogens with two attached hydrogens (primary N) is 2. The summed E-state index contributed by atoms with van der Waals surface area (Å²) in [5.41, 5.74) is 13.8. The molecule has 0 fully saturated rings. The Kier molecular flexibility index (Phi) is 4.92. The van der Waals surface area contributed by atoms with Crippen molar-refractivity contribution in [1.82, 2.24) is 10.3 Å². The van der Waals surface area contributed by atoms with E-state index in [-0.39, 0.29) is 28.5 Å². The summed E-state index contributed by atoms with van der Waals surface area (Å²) >= 11 is 1.04. The van der Waals surface area contributed by atoms with E-state index in [4.69, 9.17) is 11.5 Å². The van der Waals surface area contributed by atoms with Gasteiger partial charge in [-0.05, 0) is 5.56 Å². The van der Waals surface area contributed by atoms with Gasteiger partial charge in [0.25, 0.3) is 5.91 Å². The fourth-order valence-corrected chi connectivity index (χ4v) is 3.68. The summed E-state index contributed by atoms with van der Waals surface area (Å²) in [6, 6.07) is 11.2. The summed E-state index contributed by atoms with van der Waals surface area (Å²) in [7, 11) is 1.23. The van der Waals surface area contributed by atoms with Crippen LogP contribution in [0, 0.1) is 11.3 Å². The number of benzene rings is 1. The van der Waals surface area contributed by atoms with Crippen LogP contribution in [0.15, 0.2) is 30.3 Å². The topological polar surface area (TPSA) is 144 Å². The van der Waals surface area contributed by atoms with Crippen LogP contribution in [0.1, 0.15) is 15.2 Å². The fraction of sp³-hybridized carbons (Fsp3) is 0.111. The Bertz CT molecular complexity index is 1090. The van der Waals surface area contributed by atoms with Gasteiger partial charge in [-0.25, -0.2) is 4.98 Å². The lowest BCUT2D eigenvalue weighted by Gasteiger charge is -2.09. The highest BCUT2D eigenvalue weighted by Gasteiger charge is 2.24. The van der Waals surface area contributed by atoms with Gasteiger partial charge in [0.05, 0.1) is 12.8 Å². The molecule has 0 unspecified atom stereocenters. The van der Waals surface area contributed by atoms with Gasteiger partial charge in [-0.1, -0.05) is 30.3 Å². The molecule has 0 aliphatic carbocycles. The van der Waals surface area contributed by atoms with Crippen LogP contribution in [0.3, 0.4) is 0 Å². The average Bonchev–Trinajstić information content (AvgIpc) is 3.01. The predicted molar refractivity (Wildman–Crippen MR) is 103 cm³/mol. The molecular weight excluding hydrogens is 366 g/mol. The van der Waals surface area contributed by atoms with Crippen LogP contribution in [0.25, 0.3) is 21.3 Å². The van der Waals surface area contributed by atoms with Crippen LogP contribution in [-0.4, -0.2) is 30.5 Å². The number of nitrogens with one attached hydrogen (secondary N) is 1. The van der Waals surface area contributed by atoms with Crippen LogP contribution >= 0.6 is 11.3 Å². The van der Waals surface area contributed by atoms with E-state index >= 15 is 0 Å². The molecule has 9 heteroatoms. The van der Waals surface area contributed by atoms with Gasteiger partial charge in [0.15, 0.2) is 0 Å². The molecule has 0 spiro atoms. The third-order valence-electron chi connectivity index (χ3n) is 3.91. The normalized spacial score (nSPS) is 10.4. The van der Waals surface area contributed by atoms with Crippen LogP contribution in [0.4, 0.5) is 11.5 Å². The molecule has 136 valence electrons. The van der Waals surface area contributed by atoms with Crippen LogP contribution < -0.4 is 16.8 Å². The smallest absolute Gasteiger partial charge is 0.325 e. The van der Waals surface area contributed by atoms with E-state index in [1.165, 1.54) is 7.11 Å². The second kappa shape index (κ2) is 7.31. The summed E-state index contributed by atoms with van der Waals surface area (Å²) in [6.45, 7) is -0.284. The lowest BCUT2D eigenvalue weighted by molar-refractivity contribution is -0.139. The van der Waals surface area contributed by atoms with E-state index in [1.54, 1.807) is 0 Å². The Morgan fingerprint density at radius 2 is 2.00 bits per heavy atom. The number of amides is 1. The largest absolute Gasteiger partial charge is 0.468 e. The minimum Gasteiger partial charge on any atom is -0.468 e. The number of methoxy groups -OCH3 is 1. The van der Waals surface area contributed by atoms with Gasteiger partial charge in [-0.2, -0.15) is 5.26 Å². The molecule has 8 nitrogen and oxygen atoms in total. The first-order valence-electron chi connectivity index (χ1n) is 7.79. The Morgan fingerprint density at radius 1 is 1.30 bits per heavy atom. The molecule has 0 saturated heterocycles. The van der Waals surface area contributed by atoms with Crippen LogP contribution in [-0.2, 0) is 9.53 Å². The summed E-state index contributed by atoms with van der Waals surface area (Å²) in [5, 5.41) is 12.5. The highest BCUT2D eigenvalue weighted by Crippen LogP contribution is 2.42. The average molecular weight is 381 g/mol. The van der Waals surface area contributed by atoms with Crippen molar-refractivity contribution in [3.8, 4) is 17.2 Å². The zero-order chi connectivity index (χ0) is 19.6. The molecule has 0 bridgehead atoms. The van der Waals surface area contributed by atoms with Gasteiger partial charge >= 0.3 is 5.97 Å². The van der Waals surface area contributed by atoms with Crippen molar-refractivity contribution in [3.63, 3.8) is 0 Å². The first-order valence-corrected chi connectivity index (χ1v) is 8.61. The first kappa shape index (κ1) is 18.2. The number of nitriles is 1. The fourth-order valence-electron chi connectivity index (χ4n) is 2.65. The zero-order valence-electron chi connectivity index (χ0n) is 14.3. The van der Waals surface area contributed by atoms with Crippen LogP contribution in [0.2, 0.25) is 0 Å². The third kappa shape index (κ3) is 3.26. The van der Waals surface area contributed by atoms with Crippen LogP contribution in [0.5, 0.6) is 0 Å². The molecule has 0 radical (unpaired) electrons. The van der Waals surface area contributed by atoms with Crippen molar-refractivity contribution in [3.05, 3.63) is 40.8 Å². The quantitative estimate of drug-likeness (QED) is 0.585. The number of fused-ring (bicyclic) bond motifs is 1. The standard InChI is InChI=1S/C18H15N5O3S/c1-26-11(24)8-22-17(25)15-14(20)13-12(9-5-3-2-4-6-9)10(7-19)16(21)23-18(13)27-15/h2-6H,8,20H2,1H3,(H2,21,23)(H,22,25). The molecule has 1 aromatic carbocycles. The number of anilines is 2. The second-order valence-electron chi connectivity index (χ2n) is 5.51. The van der Waals surface area contributed by atoms with E-state index < -0.39 is 11.9 Å². The molecule has 1 amide bonds. The molecular formula is C18H15N5O3S. The van der Waals surface area contributed by atoms with Gasteiger partial charge in [0, 0.05) is 10.9 Å². The Hall–Kier alpha value is -3.64. The van der Waals surface area contributed by atoms with Gasteiger partial charge in [-0.3, -0.25) is 9.59 Å². The van der Waals surface area contributed by atoms with E-state index in [0.717, 1.165) is 16.9 Å². The van der Waals surface area contributed by atoms with E-state index in [2.05, 4.69) is 21.1 Å². The molecule has 3 rings (SSSR count).